The van der Waals surface area contributed by atoms with E-state index in [1.54, 1.807) is 24.3 Å². The lowest BCUT2D eigenvalue weighted by Gasteiger charge is -2.20. The van der Waals surface area contributed by atoms with Crippen LogP contribution < -0.4 is 9.64 Å². The Labute approximate surface area is 183 Å². The topological polar surface area (TPSA) is 89.7 Å². The third-order valence-electron chi connectivity index (χ3n) is 4.55. The van der Waals surface area contributed by atoms with Crippen molar-refractivity contribution < 1.29 is 22.4 Å². The number of hydrogen-bond acceptors (Lipinski definition) is 7. The van der Waals surface area contributed by atoms with E-state index in [0.717, 1.165) is 22.2 Å². The summed E-state index contributed by atoms with van der Waals surface area (Å²) in [5.74, 6) is 0.803. The first-order valence-corrected chi connectivity index (χ1v) is 12.2. The second-order valence-electron chi connectivity index (χ2n) is 6.80. The molecule has 0 aliphatic rings. The summed E-state index contributed by atoms with van der Waals surface area (Å²) in [5, 5.41) is 0.438. The molecule has 0 aliphatic carbocycles. The van der Waals surface area contributed by atoms with Gasteiger partial charge in [-0.1, -0.05) is 23.5 Å². The lowest BCUT2D eigenvalue weighted by molar-refractivity contribution is 0.0980. The molecule has 0 saturated heterocycles. The Hall–Kier alpha value is -3.17. The second kappa shape index (κ2) is 8.52. The lowest BCUT2D eigenvalue weighted by atomic mass is 10.2. The van der Waals surface area contributed by atoms with Gasteiger partial charge in [0.1, 0.15) is 11.5 Å². The maximum atomic E-state index is 13.5. The molecule has 31 heavy (non-hydrogen) atoms. The number of benzene rings is 2. The van der Waals surface area contributed by atoms with E-state index in [2.05, 4.69) is 4.98 Å². The zero-order valence-corrected chi connectivity index (χ0v) is 18.6. The number of anilines is 1. The number of amides is 1. The molecule has 160 valence electrons. The number of hydrogen-bond donors (Lipinski definition) is 0. The minimum atomic E-state index is -3.60. The van der Waals surface area contributed by atoms with E-state index in [-0.39, 0.29) is 17.0 Å². The number of ether oxygens (including phenoxy) is 1. The number of thiazole rings is 1. The van der Waals surface area contributed by atoms with Crippen LogP contribution in [0.2, 0.25) is 0 Å². The summed E-state index contributed by atoms with van der Waals surface area (Å²) in [5.41, 5.74) is 0.808. The number of carbonyl (C=O) groups is 1. The highest BCUT2D eigenvalue weighted by molar-refractivity contribution is 7.90. The van der Waals surface area contributed by atoms with E-state index in [1.807, 2.05) is 25.1 Å². The van der Waals surface area contributed by atoms with E-state index in [4.69, 9.17) is 9.15 Å². The Kier molecular flexibility index (Phi) is 5.79. The van der Waals surface area contributed by atoms with Gasteiger partial charge in [0.25, 0.3) is 5.91 Å². The number of fused-ring (bicyclic) bond motifs is 1. The van der Waals surface area contributed by atoms with Crippen molar-refractivity contribution in [3.63, 3.8) is 0 Å². The third-order valence-corrected chi connectivity index (χ3v) is 6.74. The highest BCUT2D eigenvalue weighted by Gasteiger charge is 2.27. The van der Waals surface area contributed by atoms with Gasteiger partial charge >= 0.3 is 0 Å². The molecular weight excluding hydrogens is 436 g/mol. The zero-order chi connectivity index (χ0) is 22.0. The molecule has 7 nitrogen and oxygen atoms in total. The van der Waals surface area contributed by atoms with Crippen molar-refractivity contribution in [3.8, 4) is 5.75 Å². The van der Waals surface area contributed by atoms with Crippen molar-refractivity contribution >= 4 is 42.4 Å². The first-order chi connectivity index (χ1) is 14.9. The highest BCUT2D eigenvalue weighted by atomic mass is 32.2. The van der Waals surface area contributed by atoms with Crippen LogP contribution in [0.25, 0.3) is 10.2 Å². The fraction of sp³-hybridized carbons (Fsp3) is 0.182. The van der Waals surface area contributed by atoms with Crippen LogP contribution in [0.3, 0.4) is 0 Å². The van der Waals surface area contributed by atoms with E-state index in [0.29, 0.717) is 17.5 Å². The molecule has 0 radical (unpaired) electrons. The molecule has 0 unspecified atom stereocenters. The monoisotopic (exact) mass is 456 g/mol. The molecule has 0 aliphatic heterocycles. The largest absolute Gasteiger partial charge is 0.494 e. The normalized spacial score (nSPS) is 11.5. The van der Waals surface area contributed by atoms with Crippen LogP contribution in [0.4, 0.5) is 5.13 Å². The molecular formula is C22H20N2O5S2. The Morgan fingerprint density at radius 1 is 1.16 bits per heavy atom. The van der Waals surface area contributed by atoms with E-state index in [9.17, 15) is 13.2 Å². The Morgan fingerprint density at radius 3 is 2.68 bits per heavy atom. The molecule has 1 amide bonds. The van der Waals surface area contributed by atoms with Crippen LogP contribution in [0, 0.1) is 0 Å². The van der Waals surface area contributed by atoms with E-state index >= 15 is 0 Å². The van der Waals surface area contributed by atoms with E-state index < -0.39 is 15.7 Å². The molecule has 9 heteroatoms. The average Bonchev–Trinajstić information content (AvgIpc) is 3.40. The van der Waals surface area contributed by atoms with Crippen LogP contribution in [0.1, 0.15) is 23.0 Å². The smallest absolute Gasteiger partial charge is 0.261 e. The van der Waals surface area contributed by atoms with Crippen molar-refractivity contribution in [2.75, 3.05) is 17.8 Å². The number of carbonyl (C=O) groups excluding carboxylic acids is 1. The van der Waals surface area contributed by atoms with Gasteiger partial charge in [-0.3, -0.25) is 9.69 Å². The molecule has 0 atom stereocenters. The van der Waals surface area contributed by atoms with Crippen molar-refractivity contribution in [1.82, 2.24) is 4.98 Å². The number of nitrogens with zero attached hydrogens (tertiary/aromatic N) is 2. The minimum absolute atomic E-state index is 0.0239. The molecule has 2 heterocycles. The van der Waals surface area contributed by atoms with Gasteiger partial charge in [0.05, 0.1) is 40.1 Å². The Morgan fingerprint density at radius 2 is 1.97 bits per heavy atom. The maximum absolute atomic E-state index is 13.5. The Balaban J connectivity index is 1.80. The molecule has 0 saturated carbocycles. The number of furan rings is 1. The SMILES string of the molecule is CCOc1ccc2nc(N(Cc3ccco3)C(=O)c3ccccc3S(C)(=O)=O)sc2c1. The average molecular weight is 457 g/mol. The van der Waals surface area contributed by atoms with Gasteiger partial charge in [0.15, 0.2) is 15.0 Å². The van der Waals surface area contributed by atoms with Crippen molar-refractivity contribution in [1.29, 1.82) is 0 Å². The fourth-order valence-corrected chi connectivity index (χ4v) is 5.03. The molecule has 2 aromatic carbocycles. The summed E-state index contributed by atoms with van der Waals surface area (Å²) in [6, 6.07) is 15.2. The van der Waals surface area contributed by atoms with Crippen molar-refractivity contribution in [2.45, 2.75) is 18.4 Å². The van der Waals surface area contributed by atoms with Gasteiger partial charge in [-0.15, -0.1) is 0 Å². The highest BCUT2D eigenvalue weighted by Crippen LogP contribution is 2.33. The summed E-state index contributed by atoms with van der Waals surface area (Å²) < 4.78 is 36.4. The van der Waals surface area contributed by atoms with Gasteiger partial charge in [-0.25, -0.2) is 13.4 Å². The predicted molar refractivity (Wildman–Crippen MR) is 120 cm³/mol. The summed E-state index contributed by atoms with van der Waals surface area (Å²) in [4.78, 5) is 19.6. The fourth-order valence-electron chi connectivity index (χ4n) is 3.16. The van der Waals surface area contributed by atoms with Gasteiger partial charge < -0.3 is 9.15 Å². The Bertz CT molecular complexity index is 1330. The first kappa shape index (κ1) is 21.1. The molecule has 4 rings (SSSR count). The quantitative estimate of drug-likeness (QED) is 0.406. The van der Waals surface area contributed by atoms with Gasteiger partial charge in [-0.2, -0.15) is 0 Å². The summed E-state index contributed by atoms with van der Waals surface area (Å²) in [6.45, 7) is 2.57. The second-order valence-corrected chi connectivity index (χ2v) is 9.79. The van der Waals surface area contributed by atoms with Gasteiger partial charge in [0.2, 0.25) is 0 Å². The summed E-state index contributed by atoms with van der Waals surface area (Å²) >= 11 is 1.33. The first-order valence-electron chi connectivity index (χ1n) is 9.53. The molecule has 4 aromatic rings. The van der Waals surface area contributed by atoms with Crippen LogP contribution in [0.5, 0.6) is 5.75 Å². The zero-order valence-electron chi connectivity index (χ0n) is 16.9. The van der Waals surface area contributed by atoms with Crippen LogP contribution in [-0.2, 0) is 16.4 Å². The third kappa shape index (κ3) is 4.47. The van der Waals surface area contributed by atoms with Crippen LogP contribution in [0.15, 0.2) is 70.2 Å². The number of aromatic nitrogens is 1. The van der Waals surface area contributed by atoms with Crippen molar-refractivity contribution in [2.24, 2.45) is 0 Å². The molecule has 0 fully saturated rings. The minimum Gasteiger partial charge on any atom is -0.494 e. The van der Waals surface area contributed by atoms with E-state index in [1.165, 1.54) is 34.6 Å². The molecule has 2 aromatic heterocycles. The number of rotatable bonds is 7. The molecule has 0 spiro atoms. The van der Waals surface area contributed by atoms with Crippen molar-refractivity contribution in [3.05, 3.63) is 72.2 Å². The standard InChI is InChI=1S/C22H20N2O5S2/c1-3-28-15-10-11-18-19(13-15)30-22(23-18)24(14-16-7-6-12-29-16)21(25)17-8-4-5-9-20(17)31(2,26)27/h4-13H,3,14H2,1-2H3. The number of sulfone groups is 1. The van der Waals surface area contributed by atoms with Gasteiger partial charge in [-0.05, 0) is 49.4 Å². The van der Waals surface area contributed by atoms with Crippen LogP contribution in [-0.4, -0.2) is 32.2 Å². The summed E-state index contributed by atoms with van der Waals surface area (Å²) in [6.07, 6.45) is 2.61. The maximum Gasteiger partial charge on any atom is 0.261 e. The summed E-state index contributed by atoms with van der Waals surface area (Å²) in [7, 11) is -3.60. The molecule has 0 N–H and O–H groups in total. The predicted octanol–water partition coefficient (Wildman–Crippen LogP) is 4.54. The lowest BCUT2D eigenvalue weighted by Crippen LogP contribution is -2.31. The van der Waals surface area contributed by atoms with Crippen LogP contribution >= 0.6 is 11.3 Å². The molecule has 0 bridgehead atoms. The van der Waals surface area contributed by atoms with Gasteiger partial charge in [0, 0.05) is 6.26 Å².